The zero-order valence-corrected chi connectivity index (χ0v) is 8.56. The predicted octanol–water partition coefficient (Wildman–Crippen LogP) is 0.953. The first-order valence-corrected chi connectivity index (χ1v) is 5.72. The first-order valence-electron chi connectivity index (χ1n) is 5.72. The van der Waals surface area contributed by atoms with Crippen LogP contribution in [-0.2, 0) is 4.79 Å². The van der Waals surface area contributed by atoms with Crippen molar-refractivity contribution in [3.8, 4) is 0 Å². The van der Waals surface area contributed by atoms with Gasteiger partial charge in [-0.15, -0.1) is 0 Å². The smallest absolute Gasteiger partial charge is 0.137 e. The van der Waals surface area contributed by atoms with Crippen LogP contribution in [0, 0.1) is 0 Å². The molecule has 0 bridgehead atoms. The summed E-state index contributed by atoms with van der Waals surface area (Å²) in [7, 11) is 0. The molecule has 0 aromatic rings. The van der Waals surface area contributed by atoms with Crippen molar-refractivity contribution < 1.29 is 9.90 Å². The maximum Gasteiger partial charge on any atom is 0.137 e. The van der Waals surface area contributed by atoms with E-state index < -0.39 is 0 Å². The molecule has 3 nitrogen and oxygen atoms in total. The summed E-state index contributed by atoms with van der Waals surface area (Å²) in [6.45, 7) is 0.991. The molecule has 1 saturated heterocycles. The highest BCUT2D eigenvalue weighted by atomic mass is 16.3. The van der Waals surface area contributed by atoms with Gasteiger partial charge in [-0.3, -0.25) is 4.90 Å². The minimum atomic E-state index is -0.199. The zero-order valence-electron chi connectivity index (χ0n) is 8.56. The minimum Gasteiger partial charge on any atom is -0.391 e. The molecule has 0 radical (unpaired) electrons. The molecule has 1 saturated carbocycles. The topological polar surface area (TPSA) is 40.5 Å². The van der Waals surface area contributed by atoms with Gasteiger partial charge in [-0.1, -0.05) is 6.42 Å². The second-order valence-electron chi connectivity index (χ2n) is 4.50. The second kappa shape index (κ2) is 4.41. The predicted molar refractivity (Wildman–Crippen MR) is 54.1 cm³/mol. The Morgan fingerprint density at radius 1 is 1.14 bits per heavy atom. The maximum atomic E-state index is 10.9. The molecule has 14 heavy (non-hydrogen) atoms. The van der Waals surface area contributed by atoms with Gasteiger partial charge < -0.3 is 9.90 Å². The van der Waals surface area contributed by atoms with Crippen molar-refractivity contribution in [1.82, 2.24) is 4.90 Å². The third kappa shape index (κ3) is 1.84. The van der Waals surface area contributed by atoms with Crippen LogP contribution in [0.4, 0.5) is 0 Å². The zero-order chi connectivity index (χ0) is 9.97. The fourth-order valence-electron chi connectivity index (χ4n) is 2.85. The van der Waals surface area contributed by atoms with Gasteiger partial charge in [0, 0.05) is 6.04 Å². The lowest BCUT2D eigenvalue weighted by Crippen LogP contribution is -2.49. The molecule has 80 valence electrons. The molecule has 1 aliphatic heterocycles. The Morgan fingerprint density at radius 3 is 2.64 bits per heavy atom. The Hall–Kier alpha value is -0.410. The summed E-state index contributed by atoms with van der Waals surface area (Å²) in [5.41, 5.74) is 0. The average molecular weight is 197 g/mol. The van der Waals surface area contributed by atoms with Gasteiger partial charge in [0.15, 0.2) is 0 Å². The minimum absolute atomic E-state index is 0.0708. The van der Waals surface area contributed by atoms with Gasteiger partial charge in [0.2, 0.25) is 0 Å². The molecule has 3 heteroatoms. The number of hydrogen-bond acceptors (Lipinski definition) is 3. The first-order chi connectivity index (χ1) is 6.83. The number of aldehydes is 1. The van der Waals surface area contributed by atoms with E-state index in [9.17, 15) is 9.90 Å². The van der Waals surface area contributed by atoms with Crippen LogP contribution in [0.1, 0.15) is 38.5 Å². The van der Waals surface area contributed by atoms with Crippen molar-refractivity contribution >= 4 is 6.29 Å². The number of likely N-dealkylation sites (tertiary alicyclic amines) is 1. The van der Waals surface area contributed by atoms with E-state index in [1.807, 2.05) is 0 Å². The van der Waals surface area contributed by atoms with E-state index >= 15 is 0 Å². The third-order valence-corrected chi connectivity index (χ3v) is 3.62. The Kier molecular flexibility index (Phi) is 3.19. The van der Waals surface area contributed by atoms with Gasteiger partial charge in [0.1, 0.15) is 6.29 Å². The van der Waals surface area contributed by atoms with E-state index in [1.54, 1.807) is 0 Å². The lowest BCUT2D eigenvalue weighted by Gasteiger charge is -2.38. The maximum absolute atomic E-state index is 10.9. The fourth-order valence-corrected chi connectivity index (χ4v) is 2.85. The van der Waals surface area contributed by atoms with Crippen molar-refractivity contribution in [2.75, 3.05) is 6.54 Å². The molecule has 3 atom stereocenters. The van der Waals surface area contributed by atoms with Gasteiger partial charge in [-0.05, 0) is 38.6 Å². The highest BCUT2D eigenvalue weighted by Crippen LogP contribution is 2.28. The van der Waals surface area contributed by atoms with E-state index in [-0.39, 0.29) is 18.2 Å². The lowest BCUT2D eigenvalue weighted by molar-refractivity contribution is -0.115. The van der Waals surface area contributed by atoms with Gasteiger partial charge in [0.05, 0.1) is 12.1 Å². The van der Waals surface area contributed by atoms with Crippen LogP contribution in [0.5, 0.6) is 0 Å². The number of carbonyl (C=O) groups is 1. The van der Waals surface area contributed by atoms with Crippen molar-refractivity contribution in [2.45, 2.75) is 56.7 Å². The van der Waals surface area contributed by atoms with Crippen LogP contribution in [0.2, 0.25) is 0 Å². The molecule has 0 aromatic heterocycles. The van der Waals surface area contributed by atoms with E-state index in [2.05, 4.69) is 4.90 Å². The molecule has 2 fully saturated rings. The largest absolute Gasteiger partial charge is 0.391 e. The number of aliphatic hydroxyl groups is 1. The van der Waals surface area contributed by atoms with E-state index in [0.717, 1.165) is 44.9 Å². The highest BCUT2D eigenvalue weighted by Gasteiger charge is 2.35. The van der Waals surface area contributed by atoms with Crippen LogP contribution in [-0.4, -0.2) is 41.0 Å². The van der Waals surface area contributed by atoms with Crippen molar-refractivity contribution in [3.05, 3.63) is 0 Å². The number of piperidine rings is 1. The first kappa shape index (κ1) is 10.1. The van der Waals surface area contributed by atoms with Gasteiger partial charge in [-0.2, -0.15) is 0 Å². The molecule has 2 aliphatic rings. The summed E-state index contributed by atoms with van der Waals surface area (Å²) in [6.07, 6.45) is 7.25. The Labute approximate surface area is 85.1 Å². The Morgan fingerprint density at radius 2 is 2.00 bits per heavy atom. The fraction of sp³-hybridized carbons (Fsp3) is 0.909. The second-order valence-corrected chi connectivity index (χ2v) is 4.50. The average Bonchev–Trinajstić information content (AvgIpc) is 2.64. The summed E-state index contributed by atoms with van der Waals surface area (Å²) in [5.74, 6) is 0. The molecule has 1 heterocycles. The van der Waals surface area contributed by atoms with Crippen LogP contribution >= 0.6 is 0 Å². The highest BCUT2D eigenvalue weighted by molar-refractivity contribution is 5.57. The van der Waals surface area contributed by atoms with E-state index in [0.29, 0.717) is 0 Å². The lowest BCUT2D eigenvalue weighted by atomic mass is 9.99. The van der Waals surface area contributed by atoms with Crippen molar-refractivity contribution in [2.24, 2.45) is 0 Å². The van der Waals surface area contributed by atoms with Crippen LogP contribution in [0.25, 0.3) is 0 Å². The van der Waals surface area contributed by atoms with Crippen LogP contribution in [0.15, 0.2) is 0 Å². The number of aliphatic hydroxyl groups excluding tert-OH is 1. The summed E-state index contributed by atoms with van der Waals surface area (Å²) in [6, 6.07) is 0.326. The van der Waals surface area contributed by atoms with E-state index in [1.165, 1.54) is 6.42 Å². The molecule has 0 amide bonds. The van der Waals surface area contributed by atoms with Crippen molar-refractivity contribution in [3.63, 3.8) is 0 Å². The third-order valence-electron chi connectivity index (χ3n) is 3.62. The van der Waals surface area contributed by atoms with Crippen LogP contribution in [0.3, 0.4) is 0 Å². The summed E-state index contributed by atoms with van der Waals surface area (Å²) in [4.78, 5) is 13.1. The summed E-state index contributed by atoms with van der Waals surface area (Å²) < 4.78 is 0. The SMILES string of the molecule is O=CC1CCCCN1C1CCCC1O. The van der Waals surface area contributed by atoms with Crippen LogP contribution < -0.4 is 0 Å². The molecule has 0 aromatic carbocycles. The summed E-state index contributed by atoms with van der Waals surface area (Å²) >= 11 is 0. The number of nitrogens with zero attached hydrogens (tertiary/aromatic N) is 1. The summed E-state index contributed by atoms with van der Waals surface area (Å²) in [5, 5.41) is 9.80. The molecule has 1 N–H and O–H groups in total. The van der Waals surface area contributed by atoms with Gasteiger partial charge >= 0.3 is 0 Å². The Balaban J connectivity index is 2.02. The molecular formula is C11H19NO2. The monoisotopic (exact) mass is 197 g/mol. The molecular weight excluding hydrogens is 178 g/mol. The number of carbonyl (C=O) groups excluding carboxylic acids is 1. The standard InChI is InChI=1S/C11H19NO2/c13-8-9-4-1-2-7-12(9)10-5-3-6-11(10)14/h8-11,14H,1-7H2. The van der Waals surface area contributed by atoms with Crippen molar-refractivity contribution in [1.29, 1.82) is 0 Å². The number of rotatable bonds is 2. The molecule has 0 spiro atoms. The molecule has 1 aliphatic carbocycles. The Bertz CT molecular complexity index is 207. The molecule has 3 unspecified atom stereocenters. The number of hydrogen-bond donors (Lipinski definition) is 1. The van der Waals surface area contributed by atoms with Gasteiger partial charge in [-0.25, -0.2) is 0 Å². The quantitative estimate of drug-likeness (QED) is 0.670. The normalized spacial score (nSPS) is 39.9. The molecule has 2 rings (SSSR count). The van der Waals surface area contributed by atoms with Gasteiger partial charge in [0.25, 0.3) is 0 Å². The van der Waals surface area contributed by atoms with E-state index in [4.69, 9.17) is 0 Å².